The fourth-order valence-corrected chi connectivity index (χ4v) is 1.95. The second-order valence-corrected chi connectivity index (χ2v) is 4.62. The van der Waals surface area contributed by atoms with Crippen LogP contribution in [0.5, 0.6) is 0 Å². The van der Waals surface area contributed by atoms with Crippen LogP contribution in [0.1, 0.15) is 37.0 Å². The van der Waals surface area contributed by atoms with E-state index in [9.17, 15) is 9.59 Å². The molecule has 20 heavy (non-hydrogen) atoms. The molecule has 3 N–H and O–H groups in total. The van der Waals surface area contributed by atoms with Gasteiger partial charge in [0.1, 0.15) is 0 Å². The number of carbonyl (C=O) groups excluding carboxylic acids is 2. The van der Waals surface area contributed by atoms with Gasteiger partial charge in [0.2, 0.25) is 5.91 Å². The molecular formula is C15H23N3O2. The third-order valence-electron chi connectivity index (χ3n) is 2.88. The van der Waals surface area contributed by atoms with Gasteiger partial charge in [-0.1, -0.05) is 13.8 Å². The van der Waals surface area contributed by atoms with E-state index in [4.69, 9.17) is 5.73 Å². The summed E-state index contributed by atoms with van der Waals surface area (Å²) in [5.74, 6) is -0.215. The summed E-state index contributed by atoms with van der Waals surface area (Å²) in [6.45, 7) is 5.58. The summed E-state index contributed by atoms with van der Waals surface area (Å²) >= 11 is 0. The van der Waals surface area contributed by atoms with E-state index in [2.05, 4.69) is 19.2 Å². The highest BCUT2D eigenvalue weighted by atomic mass is 16.2. The molecule has 2 amide bonds. The van der Waals surface area contributed by atoms with Gasteiger partial charge in [-0.25, -0.2) is 0 Å². The number of carbonyl (C=O) groups is 2. The summed E-state index contributed by atoms with van der Waals surface area (Å²) in [5.41, 5.74) is 6.52. The van der Waals surface area contributed by atoms with E-state index in [1.807, 2.05) is 4.90 Å². The maximum absolute atomic E-state index is 12.3. The van der Waals surface area contributed by atoms with Gasteiger partial charge in [0, 0.05) is 24.3 Å². The van der Waals surface area contributed by atoms with Crippen LogP contribution in [-0.2, 0) is 4.79 Å². The van der Waals surface area contributed by atoms with Gasteiger partial charge in [-0.15, -0.1) is 0 Å². The summed E-state index contributed by atoms with van der Waals surface area (Å²) in [7, 11) is 0. The van der Waals surface area contributed by atoms with E-state index in [1.54, 1.807) is 24.3 Å². The molecule has 5 nitrogen and oxygen atoms in total. The van der Waals surface area contributed by atoms with E-state index in [-0.39, 0.29) is 18.4 Å². The standard InChI is InChI=1S/C15H23N3O2/c1-3-9-18(10-4-2)15(20)12-5-7-13(8-6-12)17-14(19)11-16/h5-8H,3-4,9-11,16H2,1-2H3,(H,17,19). The molecule has 1 aromatic carbocycles. The lowest BCUT2D eigenvalue weighted by atomic mass is 10.1. The number of nitrogens with two attached hydrogens (primary N) is 1. The van der Waals surface area contributed by atoms with Gasteiger partial charge in [-0.05, 0) is 37.1 Å². The van der Waals surface area contributed by atoms with E-state index < -0.39 is 0 Å². The molecule has 0 spiro atoms. The molecule has 0 aliphatic carbocycles. The van der Waals surface area contributed by atoms with Crippen LogP contribution in [0.3, 0.4) is 0 Å². The smallest absolute Gasteiger partial charge is 0.253 e. The minimum Gasteiger partial charge on any atom is -0.339 e. The molecule has 1 aromatic rings. The summed E-state index contributed by atoms with van der Waals surface area (Å²) in [5, 5.41) is 2.65. The van der Waals surface area contributed by atoms with Crippen molar-refractivity contribution in [1.29, 1.82) is 0 Å². The molecule has 1 rings (SSSR count). The normalized spacial score (nSPS) is 10.2. The third kappa shape index (κ3) is 4.66. The minimum absolute atomic E-state index is 0.0328. The number of hydrogen-bond acceptors (Lipinski definition) is 3. The van der Waals surface area contributed by atoms with E-state index in [0.29, 0.717) is 11.3 Å². The Morgan fingerprint density at radius 1 is 1.10 bits per heavy atom. The Hall–Kier alpha value is -1.88. The van der Waals surface area contributed by atoms with Crippen molar-refractivity contribution in [2.24, 2.45) is 5.73 Å². The predicted octanol–water partition coefficient (Wildman–Crippen LogP) is 1.85. The molecule has 0 bridgehead atoms. The van der Waals surface area contributed by atoms with Crippen molar-refractivity contribution in [2.45, 2.75) is 26.7 Å². The maximum atomic E-state index is 12.3. The minimum atomic E-state index is -0.248. The van der Waals surface area contributed by atoms with Gasteiger partial charge in [0.15, 0.2) is 0 Å². The highest BCUT2D eigenvalue weighted by Crippen LogP contribution is 2.12. The molecule has 0 saturated carbocycles. The fourth-order valence-electron chi connectivity index (χ4n) is 1.95. The van der Waals surface area contributed by atoms with Crippen LogP contribution in [0.25, 0.3) is 0 Å². The van der Waals surface area contributed by atoms with E-state index in [1.165, 1.54) is 0 Å². The Bertz CT molecular complexity index is 437. The predicted molar refractivity (Wildman–Crippen MR) is 80.6 cm³/mol. The van der Waals surface area contributed by atoms with Crippen molar-refractivity contribution in [1.82, 2.24) is 4.90 Å². The lowest BCUT2D eigenvalue weighted by molar-refractivity contribution is -0.114. The first kappa shape index (κ1) is 16.2. The van der Waals surface area contributed by atoms with Crippen molar-refractivity contribution in [3.8, 4) is 0 Å². The SMILES string of the molecule is CCCN(CCC)C(=O)c1ccc(NC(=O)CN)cc1. The van der Waals surface area contributed by atoms with Crippen molar-refractivity contribution >= 4 is 17.5 Å². The van der Waals surface area contributed by atoms with Crippen LogP contribution in [0, 0.1) is 0 Å². The monoisotopic (exact) mass is 277 g/mol. The number of benzene rings is 1. The van der Waals surface area contributed by atoms with Crippen molar-refractivity contribution in [3.63, 3.8) is 0 Å². The molecule has 0 saturated heterocycles. The van der Waals surface area contributed by atoms with Crippen molar-refractivity contribution in [2.75, 3.05) is 25.0 Å². The Labute approximate surface area is 120 Å². The van der Waals surface area contributed by atoms with Gasteiger partial charge in [0.25, 0.3) is 5.91 Å². The van der Waals surface area contributed by atoms with Gasteiger partial charge >= 0.3 is 0 Å². The molecule has 0 aliphatic rings. The van der Waals surface area contributed by atoms with Crippen LogP contribution in [0.15, 0.2) is 24.3 Å². The Kier molecular flexibility index (Phi) is 6.73. The fraction of sp³-hybridized carbons (Fsp3) is 0.467. The molecule has 110 valence electrons. The van der Waals surface area contributed by atoms with E-state index >= 15 is 0 Å². The molecule has 0 radical (unpaired) electrons. The van der Waals surface area contributed by atoms with Crippen LogP contribution >= 0.6 is 0 Å². The molecule has 0 atom stereocenters. The molecule has 0 fully saturated rings. The number of rotatable bonds is 7. The maximum Gasteiger partial charge on any atom is 0.253 e. The largest absolute Gasteiger partial charge is 0.339 e. The molecule has 0 heterocycles. The lowest BCUT2D eigenvalue weighted by Crippen LogP contribution is -2.32. The second-order valence-electron chi connectivity index (χ2n) is 4.62. The second kappa shape index (κ2) is 8.32. The molecule has 0 aromatic heterocycles. The Balaban J connectivity index is 2.75. The highest BCUT2D eigenvalue weighted by Gasteiger charge is 2.13. The van der Waals surface area contributed by atoms with Crippen LogP contribution in [0.2, 0.25) is 0 Å². The summed E-state index contributed by atoms with van der Waals surface area (Å²) in [6, 6.07) is 6.90. The zero-order chi connectivity index (χ0) is 15.0. The Morgan fingerprint density at radius 3 is 2.10 bits per heavy atom. The molecule has 0 aliphatic heterocycles. The van der Waals surface area contributed by atoms with Crippen molar-refractivity contribution in [3.05, 3.63) is 29.8 Å². The molecular weight excluding hydrogens is 254 g/mol. The number of hydrogen-bond donors (Lipinski definition) is 2. The van der Waals surface area contributed by atoms with E-state index in [0.717, 1.165) is 25.9 Å². The van der Waals surface area contributed by atoms with Gasteiger partial charge in [0.05, 0.1) is 6.54 Å². The van der Waals surface area contributed by atoms with Crippen LogP contribution in [-0.4, -0.2) is 36.3 Å². The topological polar surface area (TPSA) is 75.4 Å². The van der Waals surface area contributed by atoms with Gasteiger partial charge < -0.3 is 16.0 Å². The van der Waals surface area contributed by atoms with Crippen molar-refractivity contribution < 1.29 is 9.59 Å². The Morgan fingerprint density at radius 2 is 1.65 bits per heavy atom. The number of amides is 2. The lowest BCUT2D eigenvalue weighted by Gasteiger charge is -2.21. The zero-order valence-electron chi connectivity index (χ0n) is 12.2. The quantitative estimate of drug-likeness (QED) is 0.798. The van der Waals surface area contributed by atoms with Crippen LogP contribution in [0.4, 0.5) is 5.69 Å². The first-order valence-corrected chi connectivity index (χ1v) is 7.01. The molecule has 0 unspecified atom stereocenters. The van der Waals surface area contributed by atoms with Gasteiger partial charge in [-0.3, -0.25) is 9.59 Å². The van der Waals surface area contributed by atoms with Crippen LogP contribution < -0.4 is 11.1 Å². The summed E-state index contributed by atoms with van der Waals surface area (Å²) in [6.07, 6.45) is 1.88. The average Bonchev–Trinajstić information content (AvgIpc) is 2.47. The first-order chi connectivity index (χ1) is 9.62. The first-order valence-electron chi connectivity index (χ1n) is 7.01. The number of nitrogens with zero attached hydrogens (tertiary/aromatic N) is 1. The molecule has 5 heteroatoms. The number of nitrogens with one attached hydrogen (secondary N) is 1. The average molecular weight is 277 g/mol. The third-order valence-corrected chi connectivity index (χ3v) is 2.88. The summed E-state index contributed by atoms with van der Waals surface area (Å²) in [4.78, 5) is 25.4. The van der Waals surface area contributed by atoms with Gasteiger partial charge in [-0.2, -0.15) is 0 Å². The number of anilines is 1. The highest BCUT2D eigenvalue weighted by molar-refractivity contribution is 5.96. The zero-order valence-corrected chi connectivity index (χ0v) is 12.2. The summed E-state index contributed by atoms with van der Waals surface area (Å²) < 4.78 is 0.